The van der Waals surface area contributed by atoms with Crippen LogP contribution in [-0.2, 0) is 11.9 Å². The van der Waals surface area contributed by atoms with Crippen molar-refractivity contribution < 1.29 is 18.3 Å². The second-order valence-corrected chi connectivity index (χ2v) is 3.11. The lowest BCUT2D eigenvalue weighted by atomic mass is 10.1. The zero-order valence-electron chi connectivity index (χ0n) is 6.98. The molecule has 6 heteroatoms. The molecule has 0 aromatic carbocycles. The molecule has 0 bridgehead atoms. The van der Waals surface area contributed by atoms with Crippen LogP contribution in [0.4, 0.5) is 13.2 Å². The maximum Gasteiger partial charge on any atom is 0.265 e. The quantitative estimate of drug-likeness (QED) is 0.856. The van der Waals surface area contributed by atoms with E-state index in [4.69, 9.17) is 5.11 Å². The Morgan fingerprint density at radius 1 is 1.50 bits per heavy atom. The van der Waals surface area contributed by atoms with E-state index in [-0.39, 0.29) is 16.6 Å². The number of pyridine rings is 1. The van der Waals surface area contributed by atoms with Crippen molar-refractivity contribution in [2.45, 2.75) is 18.4 Å². The molecule has 1 rings (SSSR count). The van der Waals surface area contributed by atoms with Gasteiger partial charge in [0, 0.05) is 22.7 Å². The fourth-order valence-corrected chi connectivity index (χ4v) is 1.59. The minimum Gasteiger partial charge on any atom is -0.390 e. The third-order valence-corrected chi connectivity index (χ3v) is 2.31. The number of aromatic nitrogens is 1. The standard InChI is InChI=1S/C8H7BrF3NO/c9-1-4-5(8(11)12)2-13-6(3-14)7(4)10/h2,8,14H,1,3H2. The largest absolute Gasteiger partial charge is 0.390 e. The van der Waals surface area contributed by atoms with Crippen LogP contribution in [0.2, 0.25) is 0 Å². The van der Waals surface area contributed by atoms with E-state index in [0.717, 1.165) is 6.20 Å². The van der Waals surface area contributed by atoms with E-state index in [0.29, 0.717) is 0 Å². The highest BCUT2D eigenvalue weighted by molar-refractivity contribution is 9.08. The van der Waals surface area contributed by atoms with Crippen LogP contribution in [0.5, 0.6) is 0 Å². The maximum absolute atomic E-state index is 13.3. The number of halogens is 4. The lowest BCUT2D eigenvalue weighted by Gasteiger charge is -2.09. The summed E-state index contributed by atoms with van der Waals surface area (Å²) >= 11 is 2.91. The Hall–Kier alpha value is -0.620. The van der Waals surface area contributed by atoms with Gasteiger partial charge in [-0.25, -0.2) is 13.2 Å². The van der Waals surface area contributed by atoms with Crippen molar-refractivity contribution in [1.29, 1.82) is 0 Å². The molecule has 0 aliphatic rings. The zero-order valence-corrected chi connectivity index (χ0v) is 8.56. The molecular weight excluding hydrogens is 263 g/mol. The van der Waals surface area contributed by atoms with E-state index in [1.165, 1.54) is 0 Å². The topological polar surface area (TPSA) is 33.1 Å². The number of alkyl halides is 3. The highest BCUT2D eigenvalue weighted by Crippen LogP contribution is 2.27. The average molecular weight is 270 g/mol. The van der Waals surface area contributed by atoms with E-state index < -0.39 is 24.4 Å². The van der Waals surface area contributed by atoms with Crippen LogP contribution >= 0.6 is 15.9 Å². The van der Waals surface area contributed by atoms with E-state index in [9.17, 15) is 13.2 Å². The monoisotopic (exact) mass is 269 g/mol. The van der Waals surface area contributed by atoms with Crippen molar-refractivity contribution >= 4 is 15.9 Å². The number of aliphatic hydroxyl groups is 1. The van der Waals surface area contributed by atoms with E-state index in [1.807, 2.05) is 0 Å². The third-order valence-electron chi connectivity index (χ3n) is 1.74. The van der Waals surface area contributed by atoms with Crippen LogP contribution in [-0.4, -0.2) is 10.1 Å². The van der Waals surface area contributed by atoms with Crippen LogP contribution in [0, 0.1) is 5.82 Å². The molecule has 0 spiro atoms. The number of hydrogen-bond donors (Lipinski definition) is 1. The number of rotatable bonds is 3. The molecule has 0 aliphatic carbocycles. The molecule has 2 nitrogen and oxygen atoms in total. The lowest BCUT2D eigenvalue weighted by Crippen LogP contribution is -2.04. The number of aliphatic hydroxyl groups excluding tert-OH is 1. The summed E-state index contributed by atoms with van der Waals surface area (Å²) < 4.78 is 38.0. The third kappa shape index (κ3) is 2.06. The Morgan fingerprint density at radius 3 is 2.57 bits per heavy atom. The molecule has 1 N–H and O–H groups in total. The van der Waals surface area contributed by atoms with Crippen molar-refractivity contribution in [3.8, 4) is 0 Å². The smallest absolute Gasteiger partial charge is 0.265 e. The fraction of sp³-hybridized carbons (Fsp3) is 0.375. The van der Waals surface area contributed by atoms with Gasteiger partial charge < -0.3 is 5.11 Å². The molecule has 14 heavy (non-hydrogen) atoms. The average Bonchev–Trinajstić information content (AvgIpc) is 2.17. The predicted octanol–water partition coefficient (Wildman–Crippen LogP) is 2.55. The van der Waals surface area contributed by atoms with E-state index >= 15 is 0 Å². The normalized spacial score (nSPS) is 11.0. The minimum atomic E-state index is -2.77. The van der Waals surface area contributed by atoms with Crippen molar-refractivity contribution in [2.75, 3.05) is 0 Å². The van der Waals surface area contributed by atoms with Crippen molar-refractivity contribution in [2.24, 2.45) is 0 Å². The summed E-state index contributed by atoms with van der Waals surface area (Å²) in [5.74, 6) is -0.873. The molecular formula is C8H7BrF3NO. The van der Waals surface area contributed by atoms with Gasteiger partial charge in [-0.1, -0.05) is 15.9 Å². The van der Waals surface area contributed by atoms with Gasteiger partial charge in [0.1, 0.15) is 5.69 Å². The predicted molar refractivity (Wildman–Crippen MR) is 47.7 cm³/mol. The van der Waals surface area contributed by atoms with Crippen molar-refractivity contribution in [3.63, 3.8) is 0 Å². The Morgan fingerprint density at radius 2 is 2.14 bits per heavy atom. The molecule has 0 amide bonds. The molecule has 0 saturated carbocycles. The van der Waals surface area contributed by atoms with Crippen molar-refractivity contribution in [3.05, 3.63) is 28.8 Å². The van der Waals surface area contributed by atoms with Gasteiger partial charge in [0.15, 0.2) is 5.82 Å². The Balaban J connectivity index is 3.28. The van der Waals surface area contributed by atoms with Crippen LogP contribution in [0.1, 0.15) is 23.2 Å². The highest BCUT2D eigenvalue weighted by atomic mass is 79.9. The molecule has 0 saturated heterocycles. The SMILES string of the molecule is OCc1ncc(C(F)F)c(CBr)c1F. The minimum absolute atomic E-state index is 0.0337. The van der Waals surface area contributed by atoms with Crippen molar-refractivity contribution in [1.82, 2.24) is 4.98 Å². The van der Waals surface area contributed by atoms with Gasteiger partial charge in [0.05, 0.1) is 6.61 Å². The fourth-order valence-electron chi connectivity index (χ4n) is 1.02. The first-order valence-electron chi connectivity index (χ1n) is 3.73. The molecule has 1 heterocycles. The summed E-state index contributed by atoms with van der Waals surface area (Å²) in [5.41, 5.74) is -0.820. The summed E-state index contributed by atoms with van der Waals surface area (Å²) in [6, 6.07) is 0. The van der Waals surface area contributed by atoms with Crippen LogP contribution < -0.4 is 0 Å². The van der Waals surface area contributed by atoms with Gasteiger partial charge >= 0.3 is 0 Å². The zero-order chi connectivity index (χ0) is 10.7. The van der Waals surface area contributed by atoms with Gasteiger partial charge in [-0.15, -0.1) is 0 Å². The summed E-state index contributed by atoms with van der Waals surface area (Å²) in [7, 11) is 0. The Kier molecular flexibility index (Phi) is 3.88. The first-order chi connectivity index (χ1) is 6.61. The Bertz CT molecular complexity index is 333. The highest BCUT2D eigenvalue weighted by Gasteiger charge is 2.19. The molecule has 78 valence electrons. The first-order valence-corrected chi connectivity index (χ1v) is 4.85. The van der Waals surface area contributed by atoms with Gasteiger partial charge in [0.2, 0.25) is 0 Å². The van der Waals surface area contributed by atoms with E-state index in [2.05, 4.69) is 20.9 Å². The molecule has 1 aromatic rings. The molecule has 1 aromatic heterocycles. The maximum atomic E-state index is 13.3. The summed E-state index contributed by atoms with van der Waals surface area (Å²) in [5, 5.41) is 8.63. The number of hydrogen-bond acceptors (Lipinski definition) is 2. The molecule has 0 radical (unpaired) electrons. The van der Waals surface area contributed by atoms with Crippen LogP contribution in [0.15, 0.2) is 6.20 Å². The second-order valence-electron chi connectivity index (χ2n) is 2.55. The molecule has 0 unspecified atom stereocenters. The first kappa shape index (κ1) is 11.5. The summed E-state index contributed by atoms with van der Waals surface area (Å²) in [6.45, 7) is -0.602. The number of nitrogens with zero attached hydrogens (tertiary/aromatic N) is 1. The van der Waals surface area contributed by atoms with E-state index in [1.54, 1.807) is 0 Å². The van der Waals surface area contributed by atoms with Gasteiger partial charge in [-0.05, 0) is 0 Å². The summed E-state index contributed by atoms with van der Waals surface area (Å²) in [4.78, 5) is 3.40. The lowest BCUT2D eigenvalue weighted by molar-refractivity contribution is 0.149. The van der Waals surface area contributed by atoms with Gasteiger partial charge in [-0.3, -0.25) is 4.98 Å². The van der Waals surface area contributed by atoms with Crippen LogP contribution in [0.25, 0.3) is 0 Å². The van der Waals surface area contributed by atoms with Gasteiger partial charge in [0.25, 0.3) is 6.43 Å². The second kappa shape index (κ2) is 4.75. The molecule has 0 aliphatic heterocycles. The van der Waals surface area contributed by atoms with Crippen LogP contribution in [0.3, 0.4) is 0 Å². The summed E-state index contributed by atoms with van der Waals surface area (Å²) in [6.07, 6.45) is -1.88. The Labute approximate surface area is 86.9 Å². The molecule has 0 atom stereocenters. The van der Waals surface area contributed by atoms with Gasteiger partial charge in [-0.2, -0.15) is 0 Å². The molecule has 0 fully saturated rings.